The predicted octanol–water partition coefficient (Wildman–Crippen LogP) is 2.44. The van der Waals surface area contributed by atoms with Gasteiger partial charge in [-0.1, -0.05) is 13.8 Å². The van der Waals surface area contributed by atoms with Crippen molar-refractivity contribution in [2.75, 3.05) is 31.1 Å². The number of benzene rings is 1. The maximum atomic E-state index is 5.78. The smallest absolute Gasteiger partial charge is 0.195 e. The first-order chi connectivity index (χ1) is 9.22. The lowest BCUT2D eigenvalue weighted by atomic mass is 10.1. The van der Waals surface area contributed by atoms with Crippen molar-refractivity contribution in [2.45, 2.75) is 20.3 Å². The summed E-state index contributed by atoms with van der Waals surface area (Å²) in [5.41, 5.74) is 3.12. The highest BCUT2D eigenvalue weighted by molar-refractivity contribution is 5.77. The Balaban J connectivity index is 1.87. The number of rotatable bonds is 3. The highest BCUT2D eigenvalue weighted by atomic mass is 16.3. The molecule has 3 rings (SSSR count). The lowest BCUT2D eigenvalue weighted by Gasteiger charge is -2.29. The molecule has 1 aliphatic rings. The lowest BCUT2D eigenvalue weighted by Crippen LogP contribution is -2.43. The Bertz CT molecular complexity index is 556. The normalized spacial score (nSPS) is 16.5. The fraction of sp³-hybridized carbons (Fsp3) is 0.533. The maximum Gasteiger partial charge on any atom is 0.195 e. The molecule has 0 saturated carbocycles. The molecule has 102 valence electrons. The average molecular weight is 259 g/mol. The molecule has 2 heterocycles. The molecule has 4 heteroatoms. The van der Waals surface area contributed by atoms with E-state index in [2.05, 4.69) is 41.2 Å². The first-order valence-electron chi connectivity index (χ1n) is 7.07. The van der Waals surface area contributed by atoms with Crippen molar-refractivity contribution in [3.63, 3.8) is 0 Å². The minimum Gasteiger partial charge on any atom is -0.441 e. The van der Waals surface area contributed by atoms with Crippen LogP contribution in [0.25, 0.3) is 11.1 Å². The molecular weight excluding hydrogens is 238 g/mol. The molecule has 0 unspecified atom stereocenters. The number of oxazole rings is 1. The fourth-order valence-electron chi connectivity index (χ4n) is 2.52. The van der Waals surface area contributed by atoms with Crippen molar-refractivity contribution in [3.8, 4) is 0 Å². The van der Waals surface area contributed by atoms with Crippen LogP contribution in [0.1, 0.15) is 19.7 Å². The summed E-state index contributed by atoms with van der Waals surface area (Å²) in [6.07, 6.45) is 0.900. The summed E-state index contributed by atoms with van der Waals surface area (Å²) in [5, 5.41) is 3.37. The van der Waals surface area contributed by atoms with Crippen molar-refractivity contribution in [1.82, 2.24) is 10.3 Å². The summed E-state index contributed by atoms with van der Waals surface area (Å²) >= 11 is 0. The quantitative estimate of drug-likeness (QED) is 0.919. The van der Waals surface area contributed by atoms with Crippen LogP contribution >= 0.6 is 0 Å². The van der Waals surface area contributed by atoms with Gasteiger partial charge in [-0.05, 0) is 24.1 Å². The molecule has 1 aromatic heterocycles. The van der Waals surface area contributed by atoms with Gasteiger partial charge in [-0.2, -0.15) is 0 Å². The molecule has 0 radical (unpaired) electrons. The molecule has 0 atom stereocenters. The van der Waals surface area contributed by atoms with E-state index in [1.54, 1.807) is 0 Å². The largest absolute Gasteiger partial charge is 0.441 e. The second-order valence-electron chi connectivity index (χ2n) is 5.59. The van der Waals surface area contributed by atoms with Gasteiger partial charge in [-0.15, -0.1) is 0 Å². The molecule has 0 aliphatic carbocycles. The topological polar surface area (TPSA) is 41.3 Å². The summed E-state index contributed by atoms with van der Waals surface area (Å²) in [5.74, 6) is 1.42. The van der Waals surface area contributed by atoms with Crippen molar-refractivity contribution < 1.29 is 4.42 Å². The molecule has 1 saturated heterocycles. The standard InChI is InChI=1S/C15H21N3O/c1-11(2)9-15-17-13-10-12(3-4-14(13)19-15)18-7-5-16-6-8-18/h3-4,10-11,16H,5-9H2,1-2H3. The number of hydrogen-bond acceptors (Lipinski definition) is 4. The Kier molecular flexibility index (Phi) is 3.42. The van der Waals surface area contributed by atoms with Crippen molar-refractivity contribution in [3.05, 3.63) is 24.1 Å². The molecule has 1 aromatic carbocycles. The number of fused-ring (bicyclic) bond motifs is 1. The van der Waals surface area contributed by atoms with E-state index in [1.165, 1.54) is 5.69 Å². The van der Waals surface area contributed by atoms with Gasteiger partial charge in [0.1, 0.15) is 5.52 Å². The maximum absolute atomic E-state index is 5.78. The first kappa shape index (κ1) is 12.5. The zero-order valence-electron chi connectivity index (χ0n) is 11.6. The molecule has 1 N–H and O–H groups in total. The molecular formula is C15H21N3O. The second kappa shape index (κ2) is 5.21. The number of anilines is 1. The number of nitrogens with one attached hydrogen (secondary N) is 1. The first-order valence-corrected chi connectivity index (χ1v) is 7.07. The number of aromatic nitrogens is 1. The van der Waals surface area contributed by atoms with Gasteiger partial charge in [-0.25, -0.2) is 4.98 Å². The molecule has 4 nitrogen and oxygen atoms in total. The highest BCUT2D eigenvalue weighted by Crippen LogP contribution is 2.24. The Morgan fingerprint density at radius 3 is 2.84 bits per heavy atom. The van der Waals surface area contributed by atoms with E-state index in [0.29, 0.717) is 5.92 Å². The van der Waals surface area contributed by atoms with Crippen LogP contribution in [-0.4, -0.2) is 31.2 Å². The lowest BCUT2D eigenvalue weighted by molar-refractivity contribution is 0.482. The summed E-state index contributed by atoms with van der Waals surface area (Å²) in [6, 6.07) is 6.33. The predicted molar refractivity (Wildman–Crippen MR) is 77.6 cm³/mol. The van der Waals surface area contributed by atoms with E-state index < -0.39 is 0 Å². The number of piperazine rings is 1. The van der Waals surface area contributed by atoms with Gasteiger partial charge in [0.25, 0.3) is 0 Å². The van der Waals surface area contributed by atoms with Crippen LogP contribution in [0.5, 0.6) is 0 Å². The summed E-state index contributed by atoms with van der Waals surface area (Å²) in [4.78, 5) is 6.99. The monoisotopic (exact) mass is 259 g/mol. The van der Waals surface area contributed by atoms with Crippen LogP contribution in [-0.2, 0) is 6.42 Å². The number of hydrogen-bond donors (Lipinski definition) is 1. The van der Waals surface area contributed by atoms with Crippen molar-refractivity contribution in [1.29, 1.82) is 0 Å². The van der Waals surface area contributed by atoms with Gasteiger partial charge in [0.2, 0.25) is 0 Å². The molecule has 19 heavy (non-hydrogen) atoms. The Hall–Kier alpha value is -1.55. The highest BCUT2D eigenvalue weighted by Gasteiger charge is 2.13. The van der Waals surface area contributed by atoms with Crippen molar-refractivity contribution in [2.24, 2.45) is 5.92 Å². The summed E-state index contributed by atoms with van der Waals surface area (Å²) < 4.78 is 5.78. The third-order valence-electron chi connectivity index (χ3n) is 3.48. The van der Waals surface area contributed by atoms with Gasteiger partial charge in [-0.3, -0.25) is 0 Å². The zero-order valence-corrected chi connectivity index (χ0v) is 11.6. The molecule has 0 bridgehead atoms. The third-order valence-corrected chi connectivity index (χ3v) is 3.48. The van der Waals surface area contributed by atoms with Gasteiger partial charge >= 0.3 is 0 Å². The molecule has 0 amide bonds. The Morgan fingerprint density at radius 2 is 2.11 bits per heavy atom. The Morgan fingerprint density at radius 1 is 1.32 bits per heavy atom. The van der Waals surface area contributed by atoms with Crippen molar-refractivity contribution >= 4 is 16.8 Å². The van der Waals surface area contributed by atoms with Crippen LogP contribution in [0.4, 0.5) is 5.69 Å². The summed E-state index contributed by atoms with van der Waals surface area (Å²) in [7, 11) is 0. The fourth-order valence-corrected chi connectivity index (χ4v) is 2.52. The average Bonchev–Trinajstić information content (AvgIpc) is 2.79. The van der Waals surface area contributed by atoms with E-state index in [4.69, 9.17) is 4.42 Å². The molecule has 1 aliphatic heterocycles. The van der Waals surface area contributed by atoms with Gasteiger partial charge < -0.3 is 14.6 Å². The van der Waals surface area contributed by atoms with Crippen LogP contribution in [0.3, 0.4) is 0 Å². The zero-order chi connectivity index (χ0) is 13.2. The van der Waals surface area contributed by atoms with E-state index in [0.717, 1.165) is 49.6 Å². The van der Waals surface area contributed by atoms with Crippen LogP contribution < -0.4 is 10.2 Å². The molecule has 2 aromatic rings. The van der Waals surface area contributed by atoms with Gasteiger partial charge in [0.05, 0.1) is 0 Å². The van der Waals surface area contributed by atoms with E-state index in [9.17, 15) is 0 Å². The van der Waals surface area contributed by atoms with Crippen LogP contribution in [0.2, 0.25) is 0 Å². The van der Waals surface area contributed by atoms with Crippen LogP contribution in [0, 0.1) is 5.92 Å². The third kappa shape index (κ3) is 2.73. The Labute approximate surface area is 113 Å². The minimum absolute atomic E-state index is 0.570. The second-order valence-corrected chi connectivity index (χ2v) is 5.59. The van der Waals surface area contributed by atoms with E-state index in [1.807, 2.05) is 6.07 Å². The SMILES string of the molecule is CC(C)Cc1nc2cc(N3CCNCC3)ccc2o1. The van der Waals surface area contributed by atoms with E-state index >= 15 is 0 Å². The van der Waals surface area contributed by atoms with Gasteiger partial charge in [0, 0.05) is 38.3 Å². The van der Waals surface area contributed by atoms with Gasteiger partial charge in [0.15, 0.2) is 11.5 Å². The summed E-state index contributed by atoms with van der Waals surface area (Å²) in [6.45, 7) is 8.58. The number of nitrogens with zero attached hydrogens (tertiary/aromatic N) is 2. The minimum atomic E-state index is 0.570. The van der Waals surface area contributed by atoms with Crippen LogP contribution in [0.15, 0.2) is 22.6 Å². The van der Waals surface area contributed by atoms with E-state index in [-0.39, 0.29) is 0 Å². The molecule has 0 spiro atoms. The molecule has 1 fully saturated rings.